The van der Waals surface area contributed by atoms with E-state index < -0.39 is 208 Å². The lowest BCUT2D eigenvalue weighted by atomic mass is 9.94. The highest BCUT2D eigenvalue weighted by Crippen LogP contribution is 2.35. The SMILES string of the molecule is CC(=O)N[C@@H]1[C@@H](OC2O[C@H](CO)[C@@H](O)[C@H](O)[C@H]2NC(C)=O)[C@@H](O)[C@@H](COC2O[C@H](COS(=O)(=O)O)[C@@H](OC3O[C@H](CO)[C@H](O)[C@H](O)[C@H]3OC3O[C@@H](C)[C@@H](O)[C@@H](O)[C@@H]3O)[C@H](O)[C@H]2NC(C)=O)O[C@@H]1O. The lowest BCUT2D eigenvalue weighted by molar-refractivity contribution is -0.383. The highest BCUT2D eigenvalue weighted by atomic mass is 32.3. The smallest absolute Gasteiger partial charge is 0.394 e. The number of nitrogens with one attached hydrogen (secondary N) is 3. The van der Waals surface area contributed by atoms with Crippen LogP contribution in [-0.4, -0.2) is 272 Å². The molecule has 0 aromatic rings. The van der Waals surface area contributed by atoms with Crippen LogP contribution in [0.25, 0.3) is 0 Å². The van der Waals surface area contributed by atoms with Gasteiger partial charge in [-0.15, -0.1) is 0 Å². The second-order valence-corrected chi connectivity index (χ2v) is 17.8. The van der Waals surface area contributed by atoms with Crippen LogP contribution in [0.2, 0.25) is 0 Å². The van der Waals surface area contributed by atoms with Gasteiger partial charge in [-0.1, -0.05) is 0 Å². The minimum absolute atomic E-state index is 0.745. The summed E-state index contributed by atoms with van der Waals surface area (Å²) in [5.74, 6) is -2.39. The Bertz CT molecular complexity index is 1790. The van der Waals surface area contributed by atoms with Crippen molar-refractivity contribution in [2.75, 3.05) is 26.4 Å². The van der Waals surface area contributed by atoms with Gasteiger partial charge in [0.2, 0.25) is 17.7 Å². The quantitative estimate of drug-likeness (QED) is 0.0602. The van der Waals surface area contributed by atoms with E-state index >= 15 is 0 Å². The van der Waals surface area contributed by atoms with Crippen molar-refractivity contribution in [3.63, 3.8) is 0 Å². The molecule has 0 saturated carbocycles. The average molecular weight is 1020 g/mol. The van der Waals surface area contributed by atoms with Crippen molar-refractivity contribution in [3.05, 3.63) is 0 Å². The zero-order valence-corrected chi connectivity index (χ0v) is 37.4. The predicted molar refractivity (Wildman–Crippen MR) is 210 cm³/mol. The van der Waals surface area contributed by atoms with Crippen molar-refractivity contribution < 1.29 is 135 Å². The molecule has 5 rings (SSSR count). The number of hydrogen-bond acceptors (Lipinski definition) is 27. The van der Waals surface area contributed by atoms with Gasteiger partial charge in [-0.2, -0.15) is 8.42 Å². The number of rotatable bonds is 17. The third kappa shape index (κ3) is 13.3. The minimum atomic E-state index is -5.30. The van der Waals surface area contributed by atoms with Crippen LogP contribution in [0.4, 0.5) is 0 Å². The molecule has 3 amide bonds. The van der Waals surface area contributed by atoms with Crippen molar-refractivity contribution in [1.29, 1.82) is 0 Å². The van der Waals surface area contributed by atoms with E-state index in [2.05, 4.69) is 20.1 Å². The normalized spacial score (nSPS) is 45.8. The van der Waals surface area contributed by atoms with Gasteiger partial charge < -0.3 is 120 Å². The third-order valence-electron chi connectivity index (χ3n) is 11.7. The molecule has 4 unspecified atom stereocenters. The van der Waals surface area contributed by atoms with Gasteiger partial charge in [0.15, 0.2) is 31.5 Å². The molecule has 394 valence electrons. The summed E-state index contributed by atoms with van der Waals surface area (Å²) in [6, 6.07) is -4.99. The van der Waals surface area contributed by atoms with Gasteiger partial charge in [0.1, 0.15) is 116 Å². The number of carbonyl (C=O) groups is 3. The summed E-state index contributed by atoms with van der Waals surface area (Å²) >= 11 is 0. The van der Waals surface area contributed by atoms with Crippen molar-refractivity contribution in [2.45, 2.75) is 181 Å². The van der Waals surface area contributed by atoms with E-state index in [1.807, 2.05) is 0 Å². The Hall–Kier alpha value is -2.56. The molecular weight excluding hydrogens is 954 g/mol. The van der Waals surface area contributed by atoms with E-state index in [4.69, 9.17) is 42.6 Å². The number of carbonyl (C=O) groups excluding carboxylic acids is 3. The Morgan fingerprint density at radius 2 is 0.985 bits per heavy atom. The molecule has 5 fully saturated rings. The molecule has 0 spiro atoms. The van der Waals surface area contributed by atoms with Crippen molar-refractivity contribution in [3.8, 4) is 0 Å². The molecule has 16 N–H and O–H groups in total. The number of aliphatic hydroxyl groups excluding tert-OH is 12. The molecule has 0 aliphatic carbocycles. The Balaban J connectivity index is 1.42. The summed E-state index contributed by atoms with van der Waals surface area (Å²) in [5, 5.41) is 136. The van der Waals surface area contributed by atoms with Gasteiger partial charge in [-0.05, 0) is 6.92 Å². The summed E-state index contributed by atoms with van der Waals surface area (Å²) in [7, 11) is -5.30. The maximum Gasteiger partial charge on any atom is 0.397 e. The van der Waals surface area contributed by atoms with Crippen LogP contribution in [0.1, 0.15) is 27.7 Å². The van der Waals surface area contributed by atoms with Crippen molar-refractivity contribution in [2.24, 2.45) is 0 Å². The van der Waals surface area contributed by atoms with Gasteiger partial charge in [0.25, 0.3) is 0 Å². The topological polar surface area (TPSA) is 477 Å². The van der Waals surface area contributed by atoms with Crippen LogP contribution in [0.3, 0.4) is 0 Å². The zero-order chi connectivity index (χ0) is 50.7. The predicted octanol–water partition coefficient (Wildman–Crippen LogP) is -10.6. The van der Waals surface area contributed by atoms with E-state index in [-0.39, 0.29) is 0 Å². The Kier molecular flexibility index (Phi) is 19.7. The highest BCUT2D eigenvalue weighted by Gasteiger charge is 2.56. The first-order valence-electron chi connectivity index (χ1n) is 21.1. The fourth-order valence-electron chi connectivity index (χ4n) is 8.21. The number of amides is 3. The lowest BCUT2D eigenvalue weighted by Crippen LogP contribution is -2.70. The van der Waals surface area contributed by atoms with Crippen molar-refractivity contribution in [1.82, 2.24) is 16.0 Å². The van der Waals surface area contributed by atoms with Gasteiger partial charge >= 0.3 is 10.4 Å². The molecule has 0 aromatic carbocycles. The van der Waals surface area contributed by atoms with Crippen molar-refractivity contribution >= 4 is 28.1 Å². The van der Waals surface area contributed by atoms with Crippen LogP contribution in [0, 0.1) is 0 Å². The summed E-state index contributed by atoms with van der Waals surface area (Å²) in [6.07, 6.45) is -40.7. The maximum atomic E-state index is 12.6. The summed E-state index contributed by atoms with van der Waals surface area (Å²) in [6.45, 7) is 0.404. The summed E-state index contributed by atoms with van der Waals surface area (Å²) in [4.78, 5) is 36.9. The third-order valence-corrected chi connectivity index (χ3v) is 12.1. The fraction of sp³-hybridized carbons (Fsp3) is 0.917. The molecule has 0 radical (unpaired) electrons. The first-order valence-corrected chi connectivity index (χ1v) is 22.5. The number of ether oxygens (including phenoxy) is 9. The fourth-order valence-corrected chi connectivity index (χ4v) is 8.51. The molecule has 68 heavy (non-hydrogen) atoms. The number of hydrogen-bond donors (Lipinski definition) is 16. The van der Waals surface area contributed by atoms with Gasteiger partial charge in [-0.3, -0.25) is 18.9 Å². The Morgan fingerprint density at radius 1 is 0.485 bits per heavy atom. The van der Waals surface area contributed by atoms with E-state index in [1.54, 1.807) is 0 Å². The molecule has 5 saturated heterocycles. The molecule has 5 aliphatic heterocycles. The molecule has 0 bridgehead atoms. The maximum absolute atomic E-state index is 12.6. The Labute approximate surface area is 386 Å². The molecule has 31 nitrogen and oxygen atoms in total. The molecular formula is C36H61N3O28S. The van der Waals surface area contributed by atoms with Gasteiger partial charge in [0.05, 0.1) is 32.5 Å². The zero-order valence-electron chi connectivity index (χ0n) is 36.6. The van der Waals surface area contributed by atoms with E-state index in [0.717, 1.165) is 20.8 Å². The minimum Gasteiger partial charge on any atom is -0.394 e. The molecule has 0 aromatic heterocycles. The Morgan fingerprint density at radius 3 is 1.54 bits per heavy atom. The average Bonchev–Trinajstić information content (AvgIpc) is 3.26. The molecule has 32 heteroatoms. The second-order valence-electron chi connectivity index (χ2n) is 16.7. The van der Waals surface area contributed by atoms with Crippen LogP contribution in [-0.2, 0) is 71.6 Å². The van der Waals surface area contributed by atoms with E-state index in [0.29, 0.717) is 0 Å². The second kappa shape index (κ2) is 23.8. The summed E-state index contributed by atoms with van der Waals surface area (Å²) < 4.78 is 89.2. The van der Waals surface area contributed by atoms with Gasteiger partial charge in [-0.25, -0.2) is 4.18 Å². The lowest BCUT2D eigenvalue weighted by Gasteiger charge is -2.49. The van der Waals surface area contributed by atoms with E-state index in [1.165, 1.54) is 6.92 Å². The number of aliphatic hydroxyl groups is 12. The van der Waals surface area contributed by atoms with Crippen LogP contribution < -0.4 is 16.0 Å². The van der Waals surface area contributed by atoms with Crippen LogP contribution in [0.5, 0.6) is 0 Å². The molecule has 25 atom stereocenters. The first kappa shape index (κ1) is 56.4. The standard InChI is InChI=1S/C36H61N3O28S/c1-9-20(45)26(51)28(53)35(60-9)67-31-27(52)22(47)14(6-41)63-36(31)65-29-16(8-59-68(55,56)57)64-33(18(25(29)50)38-11(3)43)58-7-15-23(48)30(19(32(54)61-15)39-12(4)44)66-34-17(37-10(2)42)24(49)21(46)13(5-40)62-34/h9,13-36,40-41,45-54H,5-8H2,1-4H3,(H,37,42)(H,38,43)(H,39,44)(H,55,56,57)/t9-,13+,14+,15+,16+,17+,18+,19+,20+,21+,22-,23-,24+,25+,26+,27-,28-,29+,30+,31+,32-,33?,34?,35?,36?/m0/s1. The van der Waals surface area contributed by atoms with Gasteiger partial charge in [0, 0.05) is 20.8 Å². The highest BCUT2D eigenvalue weighted by molar-refractivity contribution is 7.80. The molecule has 5 aliphatic rings. The van der Waals surface area contributed by atoms with E-state index in [9.17, 15) is 88.6 Å². The summed E-state index contributed by atoms with van der Waals surface area (Å²) in [5.41, 5.74) is 0. The monoisotopic (exact) mass is 1020 g/mol. The van der Waals surface area contributed by atoms with Crippen LogP contribution >= 0.6 is 0 Å². The first-order chi connectivity index (χ1) is 31.8. The molecule has 5 heterocycles. The van der Waals surface area contributed by atoms with Crippen LogP contribution in [0.15, 0.2) is 0 Å². The largest absolute Gasteiger partial charge is 0.397 e.